The van der Waals surface area contributed by atoms with Crippen molar-refractivity contribution in [3.05, 3.63) is 41.4 Å². The summed E-state index contributed by atoms with van der Waals surface area (Å²) in [5.41, 5.74) is -0.650. The largest absolute Gasteiger partial charge is 0.471 e. The number of aryl methyl sites for hydroxylation is 1. The molecule has 1 aliphatic heterocycles. The number of hydrogen-bond acceptors (Lipinski definition) is 5. The highest BCUT2D eigenvalue weighted by molar-refractivity contribution is 5.95. The Morgan fingerprint density at radius 1 is 1.39 bits per heavy atom. The van der Waals surface area contributed by atoms with Gasteiger partial charge in [0.25, 0.3) is 5.91 Å². The number of ether oxygens (including phenoxy) is 1. The predicted molar refractivity (Wildman–Crippen MR) is 70.8 cm³/mol. The summed E-state index contributed by atoms with van der Waals surface area (Å²) in [5, 5.41) is 3.53. The maximum Gasteiger partial charge on any atom is 0.433 e. The zero-order valence-corrected chi connectivity index (χ0v) is 12.0. The van der Waals surface area contributed by atoms with Crippen molar-refractivity contribution in [1.29, 1.82) is 0 Å². The van der Waals surface area contributed by atoms with Crippen LogP contribution in [0.3, 0.4) is 0 Å². The molecule has 0 bridgehead atoms. The molecule has 0 aromatic carbocycles. The van der Waals surface area contributed by atoms with Crippen LogP contribution in [0.25, 0.3) is 0 Å². The van der Waals surface area contributed by atoms with Crippen LogP contribution in [-0.2, 0) is 6.18 Å². The third kappa shape index (κ3) is 3.13. The number of amides is 1. The van der Waals surface area contributed by atoms with Crippen molar-refractivity contribution >= 4 is 5.91 Å². The van der Waals surface area contributed by atoms with Crippen molar-refractivity contribution < 1.29 is 27.2 Å². The van der Waals surface area contributed by atoms with Gasteiger partial charge in [0.2, 0.25) is 5.88 Å². The Hall–Kier alpha value is -2.58. The fourth-order valence-corrected chi connectivity index (χ4v) is 2.16. The highest BCUT2D eigenvalue weighted by Crippen LogP contribution is 2.29. The summed E-state index contributed by atoms with van der Waals surface area (Å²) < 4.78 is 47.9. The van der Waals surface area contributed by atoms with Crippen LogP contribution in [0.15, 0.2) is 28.9 Å². The molecule has 1 amide bonds. The second-order valence-corrected chi connectivity index (χ2v) is 5.10. The van der Waals surface area contributed by atoms with Crippen LogP contribution >= 0.6 is 0 Å². The Kier molecular flexibility index (Phi) is 3.70. The van der Waals surface area contributed by atoms with Gasteiger partial charge >= 0.3 is 6.18 Å². The highest BCUT2D eigenvalue weighted by Gasteiger charge is 2.36. The lowest BCUT2D eigenvalue weighted by atomic mass is 10.1. The van der Waals surface area contributed by atoms with Crippen molar-refractivity contribution in [2.75, 3.05) is 13.1 Å². The van der Waals surface area contributed by atoms with Gasteiger partial charge in [-0.3, -0.25) is 4.79 Å². The SMILES string of the molecule is Cc1oncc1C(=O)N1CC(Oc2cccc(C(F)(F)F)n2)C1. The van der Waals surface area contributed by atoms with Gasteiger partial charge in [-0.25, -0.2) is 4.98 Å². The lowest BCUT2D eigenvalue weighted by molar-refractivity contribution is -0.141. The standard InChI is InChI=1S/C14H12F3N3O3/c1-8-10(5-18-23-8)13(21)20-6-9(7-20)22-12-4-2-3-11(19-12)14(15,16)17/h2-5,9H,6-7H2,1H3. The minimum atomic E-state index is -4.52. The number of halogens is 3. The van der Waals surface area contributed by atoms with Crippen LogP contribution in [0.4, 0.5) is 13.2 Å². The van der Waals surface area contributed by atoms with Crippen LogP contribution < -0.4 is 4.74 Å². The number of aromatic nitrogens is 2. The fourth-order valence-electron chi connectivity index (χ4n) is 2.16. The van der Waals surface area contributed by atoms with Gasteiger partial charge < -0.3 is 14.2 Å². The summed E-state index contributed by atoms with van der Waals surface area (Å²) in [4.78, 5) is 17.0. The molecule has 0 unspecified atom stereocenters. The Labute approximate surface area is 128 Å². The maximum absolute atomic E-state index is 12.6. The second-order valence-electron chi connectivity index (χ2n) is 5.10. The molecule has 0 N–H and O–H groups in total. The topological polar surface area (TPSA) is 68.5 Å². The fraction of sp³-hybridized carbons (Fsp3) is 0.357. The van der Waals surface area contributed by atoms with E-state index in [1.54, 1.807) is 6.92 Å². The Morgan fingerprint density at radius 3 is 2.74 bits per heavy atom. The first-order valence-corrected chi connectivity index (χ1v) is 6.76. The first kappa shape index (κ1) is 15.3. The predicted octanol–water partition coefficient (Wildman–Crippen LogP) is 2.30. The summed E-state index contributed by atoms with van der Waals surface area (Å²) in [6.07, 6.45) is -3.58. The van der Waals surface area contributed by atoms with Gasteiger partial charge in [-0.05, 0) is 13.0 Å². The van der Waals surface area contributed by atoms with Gasteiger partial charge in [0.05, 0.1) is 19.3 Å². The van der Waals surface area contributed by atoms with Crippen molar-refractivity contribution in [2.45, 2.75) is 19.2 Å². The molecular formula is C14H12F3N3O3. The first-order valence-electron chi connectivity index (χ1n) is 6.76. The molecule has 23 heavy (non-hydrogen) atoms. The molecule has 0 radical (unpaired) electrons. The minimum absolute atomic E-state index is 0.113. The van der Waals surface area contributed by atoms with Crippen LogP contribution in [-0.4, -0.2) is 40.1 Å². The number of nitrogens with zero attached hydrogens (tertiary/aromatic N) is 3. The van der Waals surface area contributed by atoms with Crippen molar-refractivity contribution in [3.8, 4) is 5.88 Å². The Morgan fingerprint density at radius 2 is 2.13 bits per heavy atom. The van der Waals surface area contributed by atoms with Crippen molar-refractivity contribution in [1.82, 2.24) is 15.0 Å². The molecule has 1 saturated heterocycles. The number of carbonyl (C=O) groups is 1. The van der Waals surface area contributed by atoms with E-state index in [9.17, 15) is 18.0 Å². The Balaban J connectivity index is 1.59. The van der Waals surface area contributed by atoms with Crippen LogP contribution in [0.2, 0.25) is 0 Å². The summed E-state index contributed by atoms with van der Waals surface area (Å²) in [7, 11) is 0. The number of hydrogen-bond donors (Lipinski definition) is 0. The van der Waals surface area contributed by atoms with Gasteiger partial charge in [0, 0.05) is 6.07 Å². The zero-order chi connectivity index (χ0) is 16.6. The summed E-state index contributed by atoms with van der Waals surface area (Å²) >= 11 is 0. The molecule has 3 rings (SSSR count). The van der Waals surface area contributed by atoms with E-state index in [1.165, 1.54) is 23.2 Å². The average Bonchev–Trinajstić information content (AvgIpc) is 2.87. The lowest BCUT2D eigenvalue weighted by Gasteiger charge is -2.38. The molecule has 2 aromatic rings. The number of carbonyl (C=O) groups excluding carboxylic acids is 1. The number of rotatable bonds is 3. The van der Waals surface area contributed by atoms with E-state index >= 15 is 0 Å². The van der Waals surface area contributed by atoms with E-state index in [0.717, 1.165) is 6.07 Å². The number of alkyl halides is 3. The van der Waals surface area contributed by atoms with E-state index in [4.69, 9.17) is 9.26 Å². The monoisotopic (exact) mass is 327 g/mol. The maximum atomic E-state index is 12.6. The molecule has 2 aromatic heterocycles. The van der Waals surface area contributed by atoms with E-state index in [0.29, 0.717) is 11.3 Å². The van der Waals surface area contributed by atoms with Gasteiger partial charge in [-0.1, -0.05) is 11.2 Å². The highest BCUT2D eigenvalue weighted by atomic mass is 19.4. The van der Waals surface area contributed by atoms with Crippen LogP contribution in [0.5, 0.6) is 5.88 Å². The normalized spacial score (nSPS) is 15.4. The molecule has 9 heteroatoms. The first-order chi connectivity index (χ1) is 10.8. The Bertz CT molecular complexity index is 723. The molecule has 0 saturated carbocycles. The van der Waals surface area contributed by atoms with Gasteiger partial charge in [-0.2, -0.15) is 13.2 Å². The van der Waals surface area contributed by atoms with E-state index in [1.807, 2.05) is 0 Å². The van der Waals surface area contributed by atoms with Crippen molar-refractivity contribution in [2.24, 2.45) is 0 Å². The lowest BCUT2D eigenvalue weighted by Crippen LogP contribution is -2.56. The molecule has 0 aliphatic carbocycles. The summed E-state index contributed by atoms with van der Waals surface area (Å²) in [6.45, 7) is 2.16. The number of likely N-dealkylation sites (tertiary alicyclic amines) is 1. The van der Waals surface area contributed by atoms with E-state index in [2.05, 4.69) is 10.1 Å². The van der Waals surface area contributed by atoms with Crippen LogP contribution in [0.1, 0.15) is 21.8 Å². The molecular weight excluding hydrogens is 315 g/mol. The molecule has 122 valence electrons. The van der Waals surface area contributed by atoms with E-state index < -0.39 is 18.0 Å². The van der Waals surface area contributed by atoms with Gasteiger partial charge in [0.1, 0.15) is 23.1 Å². The average molecular weight is 327 g/mol. The van der Waals surface area contributed by atoms with Crippen LogP contribution in [0, 0.1) is 6.92 Å². The zero-order valence-electron chi connectivity index (χ0n) is 12.0. The third-order valence-electron chi connectivity index (χ3n) is 3.42. The minimum Gasteiger partial charge on any atom is -0.471 e. The summed E-state index contributed by atoms with van der Waals surface area (Å²) in [5.74, 6) is 0.0533. The van der Waals surface area contributed by atoms with Gasteiger partial charge in [0.15, 0.2) is 0 Å². The molecule has 0 atom stereocenters. The molecule has 1 fully saturated rings. The summed E-state index contributed by atoms with van der Waals surface area (Å²) in [6, 6.07) is 3.45. The molecule has 0 spiro atoms. The third-order valence-corrected chi connectivity index (χ3v) is 3.42. The quantitative estimate of drug-likeness (QED) is 0.865. The van der Waals surface area contributed by atoms with Crippen molar-refractivity contribution in [3.63, 3.8) is 0 Å². The second kappa shape index (κ2) is 5.56. The van der Waals surface area contributed by atoms with E-state index in [-0.39, 0.29) is 24.9 Å². The number of pyridine rings is 1. The molecule has 1 aliphatic rings. The smallest absolute Gasteiger partial charge is 0.433 e. The van der Waals surface area contributed by atoms with Gasteiger partial charge in [-0.15, -0.1) is 0 Å². The molecule has 6 nitrogen and oxygen atoms in total. The molecule has 3 heterocycles.